The molecule has 0 aromatic heterocycles. The summed E-state index contributed by atoms with van der Waals surface area (Å²) in [7, 11) is 0. The molecule has 0 spiro atoms. The van der Waals surface area contributed by atoms with Gasteiger partial charge in [0.05, 0.1) is 0 Å². The number of fused-ring (bicyclic) bond motifs is 1. The number of aryl methyl sites for hydroxylation is 2. The molecule has 0 saturated carbocycles. The first-order valence-electron chi connectivity index (χ1n) is 6.52. The molecule has 0 fully saturated rings. The predicted molar refractivity (Wildman–Crippen MR) is 73.3 cm³/mol. The Balaban J connectivity index is 2.11. The number of hydrogen-bond acceptors (Lipinski definition) is 0. The van der Waals surface area contributed by atoms with Crippen LogP contribution in [0.2, 0.25) is 0 Å². The summed E-state index contributed by atoms with van der Waals surface area (Å²) in [5.74, 6) is 0. The summed E-state index contributed by atoms with van der Waals surface area (Å²) in [6.45, 7) is 2.26. The van der Waals surface area contributed by atoms with Crippen LogP contribution in [-0.4, -0.2) is 0 Å². The second kappa shape index (κ2) is 4.37. The Labute approximate surface area is 103 Å². The van der Waals surface area contributed by atoms with Crippen LogP contribution >= 0.6 is 0 Å². The maximum absolute atomic E-state index is 2.40. The molecule has 0 heteroatoms. The van der Waals surface area contributed by atoms with E-state index < -0.39 is 0 Å². The molecule has 1 aliphatic carbocycles. The van der Waals surface area contributed by atoms with Crippen LogP contribution in [0.15, 0.2) is 42.5 Å². The zero-order valence-corrected chi connectivity index (χ0v) is 10.4. The zero-order chi connectivity index (χ0) is 11.7. The van der Waals surface area contributed by atoms with Crippen LogP contribution < -0.4 is 0 Å². The van der Waals surface area contributed by atoms with Crippen molar-refractivity contribution in [3.63, 3.8) is 0 Å². The van der Waals surface area contributed by atoms with Crippen LogP contribution in [0.25, 0.3) is 11.1 Å². The highest BCUT2D eigenvalue weighted by atomic mass is 14.2. The minimum atomic E-state index is 1.26. The lowest BCUT2D eigenvalue weighted by atomic mass is 9.86. The average Bonchev–Trinajstić information content (AvgIpc) is 2.40. The maximum atomic E-state index is 2.40. The Morgan fingerprint density at radius 2 is 1.59 bits per heavy atom. The van der Waals surface area contributed by atoms with Gasteiger partial charge in [0.1, 0.15) is 0 Å². The van der Waals surface area contributed by atoms with E-state index in [9.17, 15) is 0 Å². The fraction of sp³-hybridized carbons (Fsp3) is 0.294. The molecule has 0 saturated heterocycles. The quantitative estimate of drug-likeness (QED) is 0.664. The molecular formula is C17H18. The van der Waals surface area contributed by atoms with Gasteiger partial charge < -0.3 is 0 Å². The molecule has 3 rings (SSSR count). The molecule has 0 atom stereocenters. The smallest absolute Gasteiger partial charge is 0.0178 e. The van der Waals surface area contributed by atoms with Crippen LogP contribution in [0, 0.1) is 6.92 Å². The van der Waals surface area contributed by atoms with Gasteiger partial charge in [0.2, 0.25) is 0 Å². The minimum Gasteiger partial charge on any atom is -0.0622 e. The normalized spacial score (nSPS) is 14.4. The highest BCUT2D eigenvalue weighted by Crippen LogP contribution is 2.30. The average molecular weight is 222 g/mol. The lowest BCUT2D eigenvalue weighted by molar-refractivity contribution is 0.682. The van der Waals surface area contributed by atoms with Gasteiger partial charge in [-0.25, -0.2) is 0 Å². The third-order valence-corrected chi connectivity index (χ3v) is 3.80. The fourth-order valence-corrected chi connectivity index (χ4v) is 2.89. The summed E-state index contributed by atoms with van der Waals surface area (Å²) in [6.07, 6.45) is 5.25. The molecule has 86 valence electrons. The van der Waals surface area contributed by atoms with Crippen molar-refractivity contribution in [1.29, 1.82) is 0 Å². The SMILES string of the molecule is Cc1cc(-c2ccccc2)cc2c1CCCC2. The van der Waals surface area contributed by atoms with Crippen LogP contribution in [0.5, 0.6) is 0 Å². The fourth-order valence-electron chi connectivity index (χ4n) is 2.89. The summed E-state index contributed by atoms with van der Waals surface area (Å²) < 4.78 is 0. The third-order valence-electron chi connectivity index (χ3n) is 3.80. The Morgan fingerprint density at radius 3 is 2.41 bits per heavy atom. The Bertz CT molecular complexity index is 523. The van der Waals surface area contributed by atoms with E-state index in [1.165, 1.54) is 42.4 Å². The molecule has 0 bridgehead atoms. The van der Waals surface area contributed by atoms with E-state index in [2.05, 4.69) is 49.4 Å². The summed E-state index contributed by atoms with van der Waals surface area (Å²) in [6, 6.07) is 15.5. The lowest BCUT2D eigenvalue weighted by Crippen LogP contribution is -2.05. The largest absolute Gasteiger partial charge is 0.0622 e. The van der Waals surface area contributed by atoms with Gasteiger partial charge >= 0.3 is 0 Å². The third kappa shape index (κ3) is 2.00. The molecule has 0 nitrogen and oxygen atoms in total. The molecule has 1 aliphatic rings. The van der Waals surface area contributed by atoms with Gasteiger partial charge in [-0.1, -0.05) is 42.5 Å². The molecule has 0 amide bonds. The number of rotatable bonds is 1. The van der Waals surface area contributed by atoms with Crippen LogP contribution in [-0.2, 0) is 12.8 Å². The molecule has 2 aromatic carbocycles. The van der Waals surface area contributed by atoms with Gasteiger partial charge in [-0.2, -0.15) is 0 Å². The van der Waals surface area contributed by atoms with Gasteiger partial charge in [0.15, 0.2) is 0 Å². The molecule has 0 aliphatic heterocycles. The van der Waals surface area contributed by atoms with E-state index in [1.54, 1.807) is 11.1 Å². The summed E-state index contributed by atoms with van der Waals surface area (Å²) in [5.41, 5.74) is 7.37. The standard InChI is InChI=1S/C17H18/c1-13-11-16(14-7-3-2-4-8-14)12-15-9-5-6-10-17(13)15/h2-4,7-8,11-12H,5-6,9-10H2,1H3. The van der Waals surface area contributed by atoms with Gasteiger partial charge in [-0.05, 0) is 60.4 Å². The first kappa shape index (κ1) is 10.6. The van der Waals surface area contributed by atoms with Crippen molar-refractivity contribution in [3.05, 3.63) is 59.2 Å². The summed E-state index contributed by atoms with van der Waals surface area (Å²) in [5, 5.41) is 0. The van der Waals surface area contributed by atoms with Crippen molar-refractivity contribution in [2.75, 3.05) is 0 Å². The molecule has 0 radical (unpaired) electrons. The van der Waals surface area contributed by atoms with Crippen LogP contribution in [0.4, 0.5) is 0 Å². The molecule has 0 heterocycles. The summed E-state index contributed by atoms with van der Waals surface area (Å²) in [4.78, 5) is 0. The van der Waals surface area contributed by atoms with E-state index in [0.717, 1.165) is 0 Å². The van der Waals surface area contributed by atoms with Gasteiger partial charge in [-0.3, -0.25) is 0 Å². The van der Waals surface area contributed by atoms with Gasteiger partial charge in [0, 0.05) is 0 Å². The molecule has 17 heavy (non-hydrogen) atoms. The van der Waals surface area contributed by atoms with E-state index in [1.807, 2.05) is 0 Å². The number of hydrogen-bond donors (Lipinski definition) is 0. The predicted octanol–water partition coefficient (Wildman–Crippen LogP) is 4.54. The highest BCUT2D eigenvalue weighted by Gasteiger charge is 2.12. The molecular weight excluding hydrogens is 204 g/mol. The molecule has 0 unspecified atom stereocenters. The van der Waals surface area contributed by atoms with E-state index >= 15 is 0 Å². The highest BCUT2D eigenvalue weighted by molar-refractivity contribution is 5.66. The van der Waals surface area contributed by atoms with Crippen molar-refractivity contribution in [2.45, 2.75) is 32.6 Å². The monoisotopic (exact) mass is 222 g/mol. The van der Waals surface area contributed by atoms with Crippen LogP contribution in [0.3, 0.4) is 0 Å². The van der Waals surface area contributed by atoms with Crippen molar-refractivity contribution >= 4 is 0 Å². The second-order valence-electron chi connectivity index (χ2n) is 5.00. The van der Waals surface area contributed by atoms with Gasteiger partial charge in [-0.15, -0.1) is 0 Å². The topological polar surface area (TPSA) is 0 Å². The van der Waals surface area contributed by atoms with Gasteiger partial charge in [0.25, 0.3) is 0 Å². The van der Waals surface area contributed by atoms with Crippen molar-refractivity contribution in [3.8, 4) is 11.1 Å². The van der Waals surface area contributed by atoms with E-state index in [-0.39, 0.29) is 0 Å². The Morgan fingerprint density at radius 1 is 0.824 bits per heavy atom. The van der Waals surface area contributed by atoms with Crippen LogP contribution in [0.1, 0.15) is 29.5 Å². The number of benzene rings is 2. The summed E-state index contributed by atoms with van der Waals surface area (Å²) >= 11 is 0. The molecule has 2 aromatic rings. The Hall–Kier alpha value is -1.56. The zero-order valence-electron chi connectivity index (χ0n) is 10.4. The molecule has 0 N–H and O–H groups in total. The maximum Gasteiger partial charge on any atom is -0.0178 e. The first-order valence-corrected chi connectivity index (χ1v) is 6.52. The van der Waals surface area contributed by atoms with E-state index in [4.69, 9.17) is 0 Å². The second-order valence-corrected chi connectivity index (χ2v) is 5.00. The van der Waals surface area contributed by atoms with E-state index in [0.29, 0.717) is 0 Å². The van der Waals surface area contributed by atoms with Crippen molar-refractivity contribution < 1.29 is 0 Å². The van der Waals surface area contributed by atoms with Crippen molar-refractivity contribution in [1.82, 2.24) is 0 Å². The minimum absolute atomic E-state index is 1.26. The first-order chi connectivity index (χ1) is 8.34. The Kier molecular flexibility index (Phi) is 2.72. The van der Waals surface area contributed by atoms with Crippen molar-refractivity contribution in [2.24, 2.45) is 0 Å². The lowest BCUT2D eigenvalue weighted by Gasteiger charge is -2.19.